The highest BCUT2D eigenvalue weighted by Gasteiger charge is 2.42. The summed E-state index contributed by atoms with van der Waals surface area (Å²) in [5.41, 5.74) is 4.01. The lowest BCUT2D eigenvalue weighted by Crippen LogP contribution is -2.44. The quantitative estimate of drug-likeness (QED) is 0.788. The molecule has 3 nitrogen and oxygen atoms in total. The van der Waals surface area contributed by atoms with Gasteiger partial charge in [0.2, 0.25) is 6.79 Å². The molecule has 26 heavy (non-hydrogen) atoms. The molecule has 2 aromatic carbocycles. The van der Waals surface area contributed by atoms with Gasteiger partial charge in [0.15, 0.2) is 11.5 Å². The van der Waals surface area contributed by atoms with Gasteiger partial charge in [-0.1, -0.05) is 18.2 Å². The predicted molar refractivity (Wildman–Crippen MR) is 98.2 cm³/mol. The van der Waals surface area contributed by atoms with Crippen LogP contribution in [0, 0.1) is 5.82 Å². The van der Waals surface area contributed by atoms with Crippen LogP contribution in [0.5, 0.6) is 11.5 Å². The minimum atomic E-state index is -0.159. The smallest absolute Gasteiger partial charge is 0.231 e. The summed E-state index contributed by atoms with van der Waals surface area (Å²) in [5, 5.41) is 0. The van der Waals surface area contributed by atoms with Gasteiger partial charge in [-0.2, -0.15) is 0 Å². The first-order chi connectivity index (χ1) is 12.6. The molecule has 0 amide bonds. The van der Waals surface area contributed by atoms with Crippen molar-refractivity contribution in [3.05, 3.63) is 58.9 Å². The van der Waals surface area contributed by atoms with Gasteiger partial charge in [0.05, 0.1) is 0 Å². The van der Waals surface area contributed by atoms with Gasteiger partial charge in [-0.05, 0) is 74.4 Å². The zero-order valence-corrected chi connectivity index (χ0v) is 15.1. The first kappa shape index (κ1) is 16.1. The maximum Gasteiger partial charge on any atom is 0.231 e. The van der Waals surface area contributed by atoms with E-state index >= 15 is 0 Å². The second kappa shape index (κ2) is 5.98. The topological polar surface area (TPSA) is 21.7 Å². The van der Waals surface area contributed by atoms with Crippen LogP contribution in [0.2, 0.25) is 0 Å². The average Bonchev–Trinajstić information content (AvgIpc) is 3.32. The Morgan fingerprint density at radius 1 is 1.12 bits per heavy atom. The largest absolute Gasteiger partial charge is 0.454 e. The normalized spacial score (nSPS) is 27.5. The van der Waals surface area contributed by atoms with Crippen LogP contribution < -0.4 is 9.47 Å². The molecular weight excluding hydrogens is 329 g/mol. The maximum absolute atomic E-state index is 13.2. The van der Waals surface area contributed by atoms with Gasteiger partial charge in [-0.3, -0.25) is 4.90 Å². The van der Waals surface area contributed by atoms with E-state index < -0.39 is 0 Å². The molecule has 0 saturated carbocycles. The van der Waals surface area contributed by atoms with Gasteiger partial charge in [0.25, 0.3) is 0 Å². The minimum Gasteiger partial charge on any atom is -0.454 e. The fourth-order valence-electron chi connectivity index (χ4n) is 5.07. The molecule has 1 saturated heterocycles. The number of benzene rings is 2. The Bertz CT molecular complexity index is 835. The van der Waals surface area contributed by atoms with E-state index in [2.05, 4.69) is 24.0 Å². The third kappa shape index (κ3) is 2.43. The fourth-order valence-corrected chi connectivity index (χ4v) is 5.07. The Morgan fingerprint density at radius 2 is 1.96 bits per heavy atom. The number of nitrogens with zero attached hydrogens (tertiary/aromatic N) is 1. The van der Waals surface area contributed by atoms with Gasteiger partial charge in [0.1, 0.15) is 5.82 Å². The zero-order chi connectivity index (χ0) is 17.7. The minimum absolute atomic E-state index is 0.0311. The molecule has 0 aromatic heterocycles. The van der Waals surface area contributed by atoms with E-state index in [-0.39, 0.29) is 11.4 Å². The summed E-state index contributed by atoms with van der Waals surface area (Å²) < 4.78 is 24.6. The van der Waals surface area contributed by atoms with E-state index in [0.29, 0.717) is 12.7 Å². The molecule has 0 spiro atoms. The lowest BCUT2D eigenvalue weighted by Gasteiger charge is -2.43. The number of hydrogen-bond acceptors (Lipinski definition) is 3. The molecule has 5 rings (SSSR count). The zero-order valence-electron chi connectivity index (χ0n) is 15.1. The van der Waals surface area contributed by atoms with Gasteiger partial charge in [-0.25, -0.2) is 4.39 Å². The van der Waals surface area contributed by atoms with Gasteiger partial charge in [-0.15, -0.1) is 0 Å². The molecular formula is C22H24FNO2. The molecule has 2 aliphatic heterocycles. The van der Waals surface area contributed by atoms with E-state index in [1.165, 1.54) is 23.1 Å². The van der Waals surface area contributed by atoms with Crippen molar-refractivity contribution in [3.8, 4) is 11.5 Å². The van der Waals surface area contributed by atoms with Crippen molar-refractivity contribution in [2.45, 2.75) is 44.1 Å². The van der Waals surface area contributed by atoms with Crippen molar-refractivity contribution in [1.29, 1.82) is 0 Å². The molecule has 0 radical (unpaired) electrons. The number of ether oxygens (including phenoxy) is 2. The van der Waals surface area contributed by atoms with E-state index in [1.54, 1.807) is 12.1 Å². The number of halogens is 1. The van der Waals surface area contributed by atoms with Crippen molar-refractivity contribution in [2.75, 3.05) is 19.9 Å². The SMILES string of the molecule is CC1(N2CCC(c3ccc(F)cc3)C2)CCCc2c1ccc1c2OCO1. The van der Waals surface area contributed by atoms with E-state index in [0.717, 1.165) is 43.9 Å². The maximum atomic E-state index is 13.2. The monoisotopic (exact) mass is 353 g/mol. The summed E-state index contributed by atoms with van der Waals surface area (Å²) in [5.74, 6) is 2.17. The van der Waals surface area contributed by atoms with Crippen molar-refractivity contribution in [2.24, 2.45) is 0 Å². The van der Waals surface area contributed by atoms with Crippen LogP contribution in [-0.4, -0.2) is 24.8 Å². The van der Waals surface area contributed by atoms with Crippen molar-refractivity contribution >= 4 is 0 Å². The van der Waals surface area contributed by atoms with E-state index in [4.69, 9.17) is 9.47 Å². The molecule has 0 N–H and O–H groups in total. The second-order valence-corrected chi connectivity index (χ2v) is 7.94. The Labute approximate surface area is 153 Å². The van der Waals surface area contributed by atoms with Crippen molar-refractivity contribution < 1.29 is 13.9 Å². The van der Waals surface area contributed by atoms with Crippen molar-refractivity contribution in [1.82, 2.24) is 4.90 Å². The fraction of sp³-hybridized carbons (Fsp3) is 0.455. The van der Waals surface area contributed by atoms with Crippen LogP contribution in [0.15, 0.2) is 36.4 Å². The lowest BCUT2D eigenvalue weighted by atomic mass is 9.76. The third-order valence-corrected chi connectivity index (χ3v) is 6.54. The van der Waals surface area contributed by atoms with E-state index in [1.807, 2.05) is 12.1 Å². The van der Waals surface area contributed by atoms with Crippen LogP contribution in [0.3, 0.4) is 0 Å². The molecule has 4 heteroatoms. The second-order valence-electron chi connectivity index (χ2n) is 7.94. The lowest BCUT2D eigenvalue weighted by molar-refractivity contribution is 0.110. The summed E-state index contributed by atoms with van der Waals surface area (Å²) in [4.78, 5) is 2.63. The highest BCUT2D eigenvalue weighted by Crippen LogP contribution is 2.49. The summed E-state index contributed by atoms with van der Waals surface area (Å²) in [6.45, 7) is 4.81. The number of hydrogen-bond donors (Lipinski definition) is 0. The van der Waals surface area contributed by atoms with Crippen LogP contribution >= 0.6 is 0 Å². The average molecular weight is 353 g/mol. The first-order valence-corrected chi connectivity index (χ1v) is 9.57. The first-order valence-electron chi connectivity index (χ1n) is 9.57. The molecule has 3 aliphatic rings. The van der Waals surface area contributed by atoms with E-state index in [9.17, 15) is 4.39 Å². The Balaban J connectivity index is 1.45. The molecule has 2 heterocycles. The number of likely N-dealkylation sites (tertiary alicyclic amines) is 1. The summed E-state index contributed by atoms with van der Waals surface area (Å²) in [6.07, 6.45) is 4.52. The molecule has 1 aliphatic carbocycles. The standard InChI is InChI=1S/C22H24FNO2/c1-22(24-12-10-16(13-24)15-4-6-17(23)7-5-15)11-2-3-18-19(22)8-9-20-21(18)26-14-25-20/h4-9,16H,2-3,10-14H2,1H3. The summed E-state index contributed by atoms with van der Waals surface area (Å²) >= 11 is 0. The highest BCUT2D eigenvalue weighted by molar-refractivity contribution is 5.55. The summed E-state index contributed by atoms with van der Waals surface area (Å²) in [6, 6.07) is 11.4. The molecule has 0 bridgehead atoms. The molecule has 1 fully saturated rings. The van der Waals surface area contributed by atoms with Gasteiger partial charge in [0, 0.05) is 17.6 Å². The Morgan fingerprint density at radius 3 is 2.81 bits per heavy atom. The molecule has 136 valence electrons. The van der Waals surface area contributed by atoms with Crippen LogP contribution in [-0.2, 0) is 12.0 Å². The highest BCUT2D eigenvalue weighted by atomic mass is 19.1. The van der Waals surface area contributed by atoms with Crippen LogP contribution in [0.1, 0.15) is 48.8 Å². The van der Waals surface area contributed by atoms with Gasteiger partial charge < -0.3 is 9.47 Å². The van der Waals surface area contributed by atoms with Crippen LogP contribution in [0.4, 0.5) is 4.39 Å². The summed E-state index contributed by atoms with van der Waals surface area (Å²) in [7, 11) is 0. The number of rotatable bonds is 2. The molecule has 2 atom stereocenters. The predicted octanol–water partition coefficient (Wildman–Crippen LogP) is 4.60. The van der Waals surface area contributed by atoms with Crippen molar-refractivity contribution in [3.63, 3.8) is 0 Å². The van der Waals surface area contributed by atoms with Gasteiger partial charge >= 0.3 is 0 Å². The molecule has 2 aromatic rings. The molecule has 2 unspecified atom stereocenters. The number of fused-ring (bicyclic) bond motifs is 3. The third-order valence-electron chi connectivity index (χ3n) is 6.54. The van der Waals surface area contributed by atoms with Crippen LogP contribution in [0.25, 0.3) is 0 Å². The Hall–Kier alpha value is -2.07. The Kier molecular flexibility index (Phi) is 3.71.